The van der Waals surface area contributed by atoms with Crippen LogP contribution in [0.4, 0.5) is 6.01 Å². The number of alkyl halides is 1. The second-order valence-electron chi connectivity index (χ2n) is 3.11. The average Bonchev–Trinajstić information content (AvgIpc) is 2.71. The SMILES string of the molecule is CSCCCCCNc1nnc(CCl)o1. The molecule has 0 atom stereocenters. The molecule has 6 heteroatoms. The van der Waals surface area contributed by atoms with Crippen molar-refractivity contribution >= 4 is 29.4 Å². The van der Waals surface area contributed by atoms with Gasteiger partial charge in [-0.1, -0.05) is 11.5 Å². The number of thioether (sulfide) groups is 1. The van der Waals surface area contributed by atoms with Crippen LogP contribution in [-0.4, -0.2) is 28.8 Å². The maximum Gasteiger partial charge on any atom is 0.315 e. The molecule has 0 bridgehead atoms. The number of hydrogen-bond acceptors (Lipinski definition) is 5. The van der Waals surface area contributed by atoms with E-state index in [0.717, 1.165) is 13.0 Å². The van der Waals surface area contributed by atoms with Crippen molar-refractivity contribution in [3.05, 3.63) is 5.89 Å². The molecule has 0 aromatic carbocycles. The van der Waals surface area contributed by atoms with E-state index in [4.69, 9.17) is 16.0 Å². The Bertz CT molecular complexity index is 270. The molecular formula is C9H16ClN3OS. The van der Waals surface area contributed by atoms with E-state index in [0.29, 0.717) is 11.9 Å². The van der Waals surface area contributed by atoms with Gasteiger partial charge in [-0.3, -0.25) is 0 Å². The van der Waals surface area contributed by atoms with Gasteiger partial charge in [0.05, 0.1) is 0 Å². The number of unbranched alkanes of at least 4 members (excludes halogenated alkanes) is 2. The van der Waals surface area contributed by atoms with Gasteiger partial charge in [-0.2, -0.15) is 11.8 Å². The summed E-state index contributed by atoms with van der Waals surface area (Å²) in [5.74, 6) is 1.96. The predicted octanol–water partition coefficient (Wildman–Crippen LogP) is 2.75. The first-order valence-corrected chi connectivity index (χ1v) is 6.91. The molecule has 0 aliphatic carbocycles. The van der Waals surface area contributed by atoms with Gasteiger partial charge in [0.2, 0.25) is 5.89 Å². The van der Waals surface area contributed by atoms with Crippen LogP contribution in [0.25, 0.3) is 0 Å². The Kier molecular flexibility index (Phi) is 6.59. The molecule has 86 valence electrons. The maximum atomic E-state index is 5.53. The Morgan fingerprint density at radius 1 is 1.33 bits per heavy atom. The number of nitrogens with one attached hydrogen (secondary N) is 1. The molecule has 15 heavy (non-hydrogen) atoms. The molecule has 0 aliphatic heterocycles. The average molecular weight is 250 g/mol. The molecule has 0 fully saturated rings. The molecule has 1 N–H and O–H groups in total. The van der Waals surface area contributed by atoms with Crippen LogP contribution in [0, 0.1) is 0 Å². The van der Waals surface area contributed by atoms with Crippen LogP contribution >= 0.6 is 23.4 Å². The van der Waals surface area contributed by atoms with Crippen molar-refractivity contribution in [3.8, 4) is 0 Å². The first-order chi connectivity index (χ1) is 7.36. The van der Waals surface area contributed by atoms with E-state index < -0.39 is 0 Å². The van der Waals surface area contributed by atoms with Crippen LogP contribution in [0.1, 0.15) is 25.2 Å². The first kappa shape index (κ1) is 12.6. The largest absolute Gasteiger partial charge is 0.407 e. The molecule has 0 unspecified atom stereocenters. The van der Waals surface area contributed by atoms with Crippen LogP contribution < -0.4 is 5.32 Å². The molecule has 0 saturated heterocycles. The van der Waals surface area contributed by atoms with Gasteiger partial charge in [0, 0.05) is 6.54 Å². The smallest absolute Gasteiger partial charge is 0.315 e. The molecule has 1 heterocycles. The normalized spacial score (nSPS) is 10.5. The van der Waals surface area contributed by atoms with Crippen LogP contribution in [0.2, 0.25) is 0 Å². The number of halogens is 1. The van der Waals surface area contributed by atoms with Crippen LogP contribution in [0.15, 0.2) is 4.42 Å². The molecule has 0 amide bonds. The summed E-state index contributed by atoms with van der Waals surface area (Å²) in [7, 11) is 0. The lowest BCUT2D eigenvalue weighted by Gasteiger charge is -2.00. The zero-order valence-corrected chi connectivity index (χ0v) is 10.4. The summed E-state index contributed by atoms with van der Waals surface area (Å²) < 4.78 is 5.19. The fourth-order valence-electron chi connectivity index (χ4n) is 1.12. The topological polar surface area (TPSA) is 51.0 Å². The minimum absolute atomic E-state index is 0.266. The lowest BCUT2D eigenvalue weighted by Crippen LogP contribution is -2.01. The minimum Gasteiger partial charge on any atom is -0.407 e. The number of aromatic nitrogens is 2. The van der Waals surface area contributed by atoms with Crippen molar-refractivity contribution in [1.82, 2.24) is 10.2 Å². The van der Waals surface area contributed by atoms with Gasteiger partial charge in [-0.25, -0.2) is 0 Å². The summed E-state index contributed by atoms with van der Waals surface area (Å²) in [6.07, 6.45) is 5.74. The van der Waals surface area contributed by atoms with E-state index >= 15 is 0 Å². The number of hydrogen-bond donors (Lipinski definition) is 1. The van der Waals surface area contributed by atoms with E-state index in [9.17, 15) is 0 Å². The number of anilines is 1. The molecule has 0 aliphatic rings. The zero-order chi connectivity index (χ0) is 10.9. The Hall–Kier alpha value is -0.420. The molecule has 4 nitrogen and oxygen atoms in total. The fraction of sp³-hybridized carbons (Fsp3) is 0.778. The Labute approximate surface area is 99.2 Å². The van der Waals surface area contributed by atoms with Gasteiger partial charge in [0.25, 0.3) is 0 Å². The van der Waals surface area contributed by atoms with E-state index in [1.165, 1.54) is 18.6 Å². The third-order valence-corrected chi connectivity index (χ3v) is 2.81. The van der Waals surface area contributed by atoms with Crippen molar-refractivity contribution in [2.45, 2.75) is 25.1 Å². The van der Waals surface area contributed by atoms with Crippen LogP contribution in [0.5, 0.6) is 0 Å². The van der Waals surface area contributed by atoms with Crippen molar-refractivity contribution in [3.63, 3.8) is 0 Å². The highest BCUT2D eigenvalue weighted by Crippen LogP contribution is 2.08. The van der Waals surface area contributed by atoms with Crippen LogP contribution in [0.3, 0.4) is 0 Å². The molecule has 0 spiro atoms. The number of rotatable bonds is 8. The standard InChI is InChI=1S/C9H16ClN3OS/c1-15-6-4-2-3-5-11-9-13-12-8(7-10)14-9/h2-7H2,1H3,(H,11,13). The van der Waals surface area contributed by atoms with Gasteiger partial charge in [-0.05, 0) is 24.9 Å². The van der Waals surface area contributed by atoms with E-state index in [2.05, 4.69) is 21.8 Å². The third-order valence-electron chi connectivity index (χ3n) is 1.88. The molecular weight excluding hydrogens is 234 g/mol. The maximum absolute atomic E-state index is 5.53. The molecule has 1 aromatic rings. The quantitative estimate of drug-likeness (QED) is 0.567. The van der Waals surface area contributed by atoms with Gasteiger partial charge >= 0.3 is 6.01 Å². The second-order valence-corrected chi connectivity index (χ2v) is 4.37. The monoisotopic (exact) mass is 249 g/mol. The van der Waals surface area contributed by atoms with Crippen molar-refractivity contribution < 1.29 is 4.42 Å². The second kappa shape index (κ2) is 7.82. The van der Waals surface area contributed by atoms with Crippen molar-refractivity contribution in [2.75, 3.05) is 23.9 Å². The van der Waals surface area contributed by atoms with E-state index in [1.807, 2.05) is 11.8 Å². The van der Waals surface area contributed by atoms with Crippen LogP contribution in [-0.2, 0) is 5.88 Å². The summed E-state index contributed by atoms with van der Waals surface area (Å²) in [4.78, 5) is 0. The first-order valence-electron chi connectivity index (χ1n) is 4.98. The summed E-state index contributed by atoms with van der Waals surface area (Å²) in [5, 5.41) is 10.6. The highest BCUT2D eigenvalue weighted by molar-refractivity contribution is 7.98. The number of nitrogens with zero attached hydrogens (tertiary/aromatic N) is 2. The predicted molar refractivity (Wildman–Crippen MR) is 64.6 cm³/mol. The van der Waals surface area contributed by atoms with Gasteiger partial charge in [0.15, 0.2) is 0 Å². The minimum atomic E-state index is 0.266. The van der Waals surface area contributed by atoms with Gasteiger partial charge in [0.1, 0.15) is 5.88 Å². The highest BCUT2D eigenvalue weighted by atomic mass is 35.5. The summed E-state index contributed by atoms with van der Waals surface area (Å²) >= 11 is 7.42. The lowest BCUT2D eigenvalue weighted by molar-refractivity contribution is 0.524. The molecule has 1 rings (SSSR count). The molecule has 0 saturated carbocycles. The van der Waals surface area contributed by atoms with E-state index in [-0.39, 0.29) is 5.88 Å². The van der Waals surface area contributed by atoms with Gasteiger partial charge in [-0.15, -0.1) is 16.7 Å². The molecule has 0 radical (unpaired) electrons. The fourth-order valence-corrected chi connectivity index (χ4v) is 1.72. The highest BCUT2D eigenvalue weighted by Gasteiger charge is 2.02. The van der Waals surface area contributed by atoms with Crippen molar-refractivity contribution in [1.29, 1.82) is 0 Å². The Morgan fingerprint density at radius 2 is 2.20 bits per heavy atom. The molecule has 1 aromatic heterocycles. The van der Waals surface area contributed by atoms with Crippen molar-refractivity contribution in [2.24, 2.45) is 0 Å². The van der Waals surface area contributed by atoms with Gasteiger partial charge < -0.3 is 9.73 Å². The lowest BCUT2D eigenvalue weighted by atomic mass is 10.2. The third kappa shape index (κ3) is 5.28. The zero-order valence-electron chi connectivity index (χ0n) is 8.83. The summed E-state index contributed by atoms with van der Waals surface area (Å²) in [5.41, 5.74) is 0. The Balaban J connectivity index is 2.04. The summed E-state index contributed by atoms with van der Waals surface area (Å²) in [6, 6.07) is 0.468. The Morgan fingerprint density at radius 3 is 2.87 bits per heavy atom. The van der Waals surface area contributed by atoms with E-state index in [1.54, 1.807) is 0 Å². The summed E-state index contributed by atoms with van der Waals surface area (Å²) in [6.45, 7) is 0.873.